The summed E-state index contributed by atoms with van der Waals surface area (Å²) < 4.78 is 42.0. The van der Waals surface area contributed by atoms with Gasteiger partial charge in [-0.25, -0.2) is 17.8 Å². The van der Waals surface area contributed by atoms with Gasteiger partial charge in [0.25, 0.3) is 10.0 Å². The number of nitrogens with one attached hydrogen (secondary N) is 2. The monoisotopic (exact) mass is 444 g/mol. The number of thiazole rings is 1. The molecule has 0 unspecified atom stereocenters. The summed E-state index contributed by atoms with van der Waals surface area (Å²) in [5.74, 6) is -0.852. The Bertz CT molecular complexity index is 958. The Kier molecular flexibility index (Phi) is 5.28. The average Bonchev–Trinajstić information content (AvgIpc) is 3.33. The molecule has 2 N–H and O–H groups in total. The Balaban J connectivity index is 1.58. The number of hydrogen-bond donors (Lipinski definition) is 2. The summed E-state index contributed by atoms with van der Waals surface area (Å²) in [5, 5.41) is 5.32. The van der Waals surface area contributed by atoms with Crippen molar-refractivity contribution in [1.29, 1.82) is 0 Å². The molecule has 152 valence electrons. The molecule has 0 aliphatic carbocycles. The molecule has 2 aliphatic rings. The molecule has 2 saturated heterocycles. The molecular weight excluding hydrogens is 423 g/mol. The predicted molar refractivity (Wildman–Crippen MR) is 110 cm³/mol. The molecule has 2 aliphatic heterocycles. The summed E-state index contributed by atoms with van der Waals surface area (Å²) in [5.41, 5.74) is 0.477. The number of rotatable bonds is 6. The van der Waals surface area contributed by atoms with E-state index < -0.39 is 20.7 Å². The molecule has 6 nitrogen and oxygen atoms in total. The fraction of sp³-hybridized carbons (Fsp3) is 0.500. The first-order chi connectivity index (χ1) is 13.3. The minimum atomic E-state index is -4.11. The fourth-order valence-corrected chi connectivity index (χ4v) is 6.67. The van der Waals surface area contributed by atoms with Crippen LogP contribution in [0.15, 0.2) is 28.6 Å². The number of hydrogen-bond acceptors (Lipinski definition) is 6. The smallest absolute Gasteiger partial charge is 0.266 e. The number of aromatic nitrogens is 1. The van der Waals surface area contributed by atoms with Gasteiger partial charge < -0.3 is 5.32 Å². The lowest BCUT2D eigenvalue weighted by Crippen LogP contribution is -2.50. The SMILES string of the molecule is C[C@H](Nc1cc(F)c(S(=O)(=O)Nc2nccs2)cc1Cl)C12CCCN1CCC2. The van der Waals surface area contributed by atoms with Crippen LogP contribution in [0.5, 0.6) is 0 Å². The number of nitrogens with zero attached hydrogens (tertiary/aromatic N) is 2. The standard InChI is InChI=1S/C18H22ClFN4O2S2/c1-12(18-4-2-7-24(18)8-3-5-18)22-15-11-14(20)16(10-13(15)19)28(25,26)23-17-21-6-9-27-17/h6,9-12,22H,2-5,7-8H2,1H3,(H,21,23)/t12-/m0/s1. The Labute approximate surface area is 173 Å². The number of halogens is 2. The average molecular weight is 445 g/mol. The quantitative estimate of drug-likeness (QED) is 0.699. The maximum Gasteiger partial charge on any atom is 0.266 e. The molecule has 4 rings (SSSR count). The molecule has 0 amide bonds. The van der Waals surface area contributed by atoms with E-state index in [0.717, 1.165) is 56.2 Å². The van der Waals surface area contributed by atoms with Gasteiger partial charge in [0.1, 0.15) is 10.7 Å². The van der Waals surface area contributed by atoms with E-state index in [1.54, 1.807) is 5.38 Å². The lowest BCUT2D eigenvalue weighted by molar-refractivity contribution is 0.174. The van der Waals surface area contributed by atoms with Gasteiger partial charge in [-0.05, 0) is 57.8 Å². The molecule has 1 atom stereocenters. The van der Waals surface area contributed by atoms with Crippen molar-refractivity contribution in [2.45, 2.75) is 49.1 Å². The van der Waals surface area contributed by atoms with Gasteiger partial charge >= 0.3 is 0 Å². The first kappa shape index (κ1) is 19.9. The van der Waals surface area contributed by atoms with Crippen molar-refractivity contribution in [3.63, 3.8) is 0 Å². The normalized spacial score (nSPS) is 20.1. The van der Waals surface area contributed by atoms with Gasteiger partial charge in [-0.3, -0.25) is 9.62 Å². The van der Waals surface area contributed by atoms with E-state index in [1.165, 1.54) is 12.3 Å². The van der Waals surface area contributed by atoms with E-state index >= 15 is 0 Å². The summed E-state index contributed by atoms with van der Waals surface area (Å²) in [6, 6.07) is 2.39. The van der Waals surface area contributed by atoms with E-state index in [1.807, 2.05) is 0 Å². The molecule has 0 radical (unpaired) electrons. The highest BCUT2D eigenvalue weighted by Gasteiger charge is 2.48. The summed E-state index contributed by atoms with van der Waals surface area (Å²) >= 11 is 7.45. The highest BCUT2D eigenvalue weighted by atomic mass is 35.5. The molecule has 2 aromatic rings. The summed E-state index contributed by atoms with van der Waals surface area (Å²) in [4.78, 5) is 5.88. The van der Waals surface area contributed by atoms with Crippen molar-refractivity contribution < 1.29 is 12.8 Å². The van der Waals surface area contributed by atoms with Crippen LogP contribution in [0.3, 0.4) is 0 Å². The van der Waals surface area contributed by atoms with Crippen molar-refractivity contribution in [3.05, 3.63) is 34.5 Å². The van der Waals surface area contributed by atoms with E-state index in [9.17, 15) is 12.8 Å². The molecule has 3 heterocycles. The van der Waals surface area contributed by atoms with Crippen LogP contribution in [0.1, 0.15) is 32.6 Å². The third-order valence-corrected chi connectivity index (χ3v) is 8.33. The maximum absolute atomic E-state index is 14.7. The van der Waals surface area contributed by atoms with Crippen LogP contribution in [0, 0.1) is 5.82 Å². The van der Waals surface area contributed by atoms with Crippen LogP contribution in [-0.2, 0) is 10.0 Å². The summed E-state index contributed by atoms with van der Waals surface area (Å²) in [6.07, 6.45) is 5.99. The number of anilines is 2. The van der Waals surface area contributed by atoms with Crippen LogP contribution in [0.25, 0.3) is 0 Å². The Morgan fingerprint density at radius 1 is 1.32 bits per heavy atom. The van der Waals surface area contributed by atoms with Crippen LogP contribution < -0.4 is 10.0 Å². The molecule has 10 heteroatoms. The first-order valence-electron chi connectivity index (χ1n) is 9.25. The van der Waals surface area contributed by atoms with Gasteiger partial charge in [0.05, 0.1) is 10.7 Å². The van der Waals surface area contributed by atoms with Crippen molar-refractivity contribution in [2.75, 3.05) is 23.1 Å². The van der Waals surface area contributed by atoms with Crippen molar-refractivity contribution in [3.8, 4) is 0 Å². The maximum atomic E-state index is 14.7. The second kappa shape index (κ2) is 7.44. The molecular formula is C18H22ClFN4O2S2. The summed E-state index contributed by atoms with van der Waals surface area (Å²) in [7, 11) is -4.11. The topological polar surface area (TPSA) is 74.3 Å². The van der Waals surface area contributed by atoms with E-state index in [4.69, 9.17) is 11.6 Å². The third kappa shape index (κ3) is 3.49. The molecule has 2 fully saturated rings. The van der Waals surface area contributed by atoms with Gasteiger partial charge in [-0.1, -0.05) is 11.6 Å². The minimum Gasteiger partial charge on any atom is -0.379 e. The molecule has 0 saturated carbocycles. The second-order valence-corrected chi connectivity index (χ2v) is 10.3. The summed E-state index contributed by atoms with van der Waals surface area (Å²) in [6.45, 7) is 4.27. The van der Waals surface area contributed by atoms with Gasteiger partial charge in [0, 0.05) is 23.2 Å². The highest BCUT2D eigenvalue weighted by molar-refractivity contribution is 7.93. The van der Waals surface area contributed by atoms with Gasteiger partial charge in [-0.15, -0.1) is 11.3 Å². The number of benzene rings is 1. The Morgan fingerprint density at radius 3 is 2.68 bits per heavy atom. The van der Waals surface area contributed by atoms with Crippen LogP contribution in [-0.4, -0.2) is 43.0 Å². The van der Waals surface area contributed by atoms with E-state index in [0.29, 0.717) is 5.69 Å². The first-order valence-corrected chi connectivity index (χ1v) is 12.0. The van der Waals surface area contributed by atoms with Crippen LogP contribution in [0.2, 0.25) is 5.02 Å². The Morgan fingerprint density at radius 2 is 2.04 bits per heavy atom. The Hall–Kier alpha value is -1.42. The zero-order chi connectivity index (χ0) is 19.9. The fourth-order valence-electron chi connectivity index (χ4n) is 4.51. The zero-order valence-corrected chi connectivity index (χ0v) is 17.8. The van der Waals surface area contributed by atoms with E-state index in [2.05, 4.69) is 26.8 Å². The molecule has 1 aromatic heterocycles. The van der Waals surface area contributed by atoms with Crippen LogP contribution >= 0.6 is 22.9 Å². The van der Waals surface area contributed by atoms with Crippen molar-refractivity contribution in [1.82, 2.24) is 9.88 Å². The number of sulfonamides is 1. The van der Waals surface area contributed by atoms with Gasteiger partial charge in [0.15, 0.2) is 5.13 Å². The largest absolute Gasteiger partial charge is 0.379 e. The minimum absolute atomic E-state index is 0.0664. The van der Waals surface area contributed by atoms with Crippen LogP contribution in [0.4, 0.5) is 15.2 Å². The van der Waals surface area contributed by atoms with Crippen molar-refractivity contribution in [2.24, 2.45) is 0 Å². The lowest BCUT2D eigenvalue weighted by atomic mass is 9.86. The zero-order valence-electron chi connectivity index (χ0n) is 15.4. The van der Waals surface area contributed by atoms with E-state index in [-0.39, 0.29) is 21.7 Å². The number of fused-ring (bicyclic) bond motifs is 1. The van der Waals surface area contributed by atoms with Crippen molar-refractivity contribution >= 4 is 43.8 Å². The lowest BCUT2D eigenvalue weighted by Gasteiger charge is -2.39. The molecule has 0 spiro atoms. The molecule has 1 aromatic carbocycles. The van der Waals surface area contributed by atoms with Gasteiger partial charge in [-0.2, -0.15) is 0 Å². The van der Waals surface area contributed by atoms with Gasteiger partial charge in [0.2, 0.25) is 0 Å². The second-order valence-electron chi connectivity index (χ2n) is 7.37. The highest BCUT2D eigenvalue weighted by Crippen LogP contribution is 2.43. The molecule has 0 bridgehead atoms. The molecule has 28 heavy (non-hydrogen) atoms. The predicted octanol–water partition coefficient (Wildman–Crippen LogP) is 4.17. The third-order valence-electron chi connectivity index (χ3n) is 5.85.